The Bertz CT molecular complexity index is 380. The van der Waals surface area contributed by atoms with E-state index in [9.17, 15) is 4.79 Å². The molecule has 1 heterocycles. The fourth-order valence-corrected chi connectivity index (χ4v) is 1.58. The Balaban J connectivity index is 2.60. The molecular weight excluding hydrogens is 218 g/mol. The van der Waals surface area contributed by atoms with Crippen molar-refractivity contribution in [3.05, 3.63) is 11.9 Å². The lowest BCUT2D eigenvalue weighted by atomic mass is 10.2. The molecule has 0 fully saturated rings. The van der Waals surface area contributed by atoms with E-state index in [1.807, 2.05) is 14.0 Å². The number of anilines is 2. The van der Waals surface area contributed by atoms with Crippen LogP contribution in [0.3, 0.4) is 0 Å². The number of nitrogens with zero attached hydrogens (tertiary/aromatic N) is 2. The highest BCUT2D eigenvalue weighted by Crippen LogP contribution is 2.19. The number of primary amides is 1. The van der Waals surface area contributed by atoms with Crippen LogP contribution in [-0.2, 0) is 11.2 Å². The Morgan fingerprint density at radius 1 is 1.41 bits per heavy atom. The highest BCUT2D eigenvalue weighted by molar-refractivity contribution is 5.73. The number of nitrogens with one attached hydrogen (secondary N) is 2. The van der Waals surface area contributed by atoms with Crippen molar-refractivity contribution < 1.29 is 4.79 Å². The second-order valence-electron chi connectivity index (χ2n) is 3.65. The average molecular weight is 237 g/mol. The first-order valence-corrected chi connectivity index (χ1v) is 5.72. The van der Waals surface area contributed by atoms with Gasteiger partial charge in [0.2, 0.25) is 5.91 Å². The molecule has 0 unspecified atom stereocenters. The summed E-state index contributed by atoms with van der Waals surface area (Å²) < 4.78 is 0. The van der Waals surface area contributed by atoms with Crippen molar-refractivity contribution in [2.24, 2.45) is 5.73 Å². The van der Waals surface area contributed by atoms with Crippen molar-refractivity contribution >= 4 is 17.5 Å². The van der Waals surface area contributed by atoms with Crippen LogP contribution in [0.25, 0.3) is 0 Å². The largest absolute Gasteiger partial charge is 0.373 e. The summed E-state index contributed by atoms with van der Waals surface area (Å²) in [6, 6.07) is 0. The SMILES string of the molecule is CCc1c(NC)ncnc1NCCCC(N)=O. The molecule has 0 aliphatic rings. The highest BCUT2D eigenvalue weighted by Gasteiger charge is 2.07. The first-order valence-electron chi connectivity index (χ1n) is 5.72. The quantitative estimate of drug-likeness (QED) is 0.609. The predicted octanol–water partition coefficient (Wildman–Crippen LogP) is 0.758. The topological polar surface area (TPSA) is 92.9 Å². The van der Waals surface area contributed by atoms with E-state index in [4.69, 9.17) is 5.73 Å². The fourth-order valence-electron chi connectivity index (χ4n) is 1.58. The molecule has 1 amide bonds. The first-order chi connectivity index (χ1) is 8.19. The highest BCUT2D eigenvalue weighted by atomic mass is 16.1. The Hall–Kier alpha value is -1.85. The van der Waals surface area contributed by atoms with Gasteiger partial charge in [-0.1, -0.05) is 6.92 Å². The molecule has 0 aliphatic carbocycles. The Morgan fingerprint density at radius 3 is 2.71 bits per heavy atom. The van der Waals surface area contributed by atoms with E-state index in [1.54, 1.807) is 0 Å². The third-order valence-corrected chi connectivity index (χ3v) is 2.43. The molecule has 1 rings (SSSR count). The molecule has 0 saturated heterocycles. The van der Waals surface area contributed by atoms with E-state index >= 15 is 0 Å². The Labute approximate surface area is 101 Å². The minimum absolute atomic E-state index is 0.277. The molecule has 1 aromatic rings. The molecule has 17 heavy (non-hydrogen) atoms. The van der Waals surface area contributed by atoms with Gasteiger partial charge in [-0.3, -0.25) is 4.79 Å². The van der Waals surface area contributed by atoms with Crippen molar-refractivity contribution in [3.8, 4) is 0 Å². The van der Waals surface area contributed by atoms with Gasteiger partial charge >= 0.3 is 0 Å². The lowest BCUT2D eigenvalue weighted by Crippen LogP contribution is -2.14. The summed E-state index contributed by atoms with van der Waals surface area (Å²) in [5.41, 5.74) is 6.12. The van der Waals surface area contributed by atoms with Gasteiger partial charge in [0.05, 0.1) is 0 Å². The molecule has 0 aliphatic heterocycles. The Kier molecular flexibility index (Phi) is 5.19. The van der Waals surface area contributed by atoms with E-state index in [-0.39, 0.29) is 5.91 Å². The van der Waals surface area contributed by atoms with Crippen LogP contribution < -0.4 is 16.4 Å². The molecule has 0 spiro atoms. The maximum atomic E-state index is 10.6. The normalized spacial score (nSPS) is 10.0. The maximum absolute atomic E-state index is 10.6. The van der Waals surface area contributed by atoms with Crippen molar-refractivity contribution in [2.45, 2.75) is 26.2 Å². The van der Waals surface area contributed by atoms with Crippen molar-refractivity contribution in [1.82, 2.24) is 9.97 Å². The summed E-state index contributed by atoms with van der Waals surface area (Å²) in [5, 5.41) is 6.23. The zero-order chi connectivity index (χ0) is 12.7. The number of amides is 1. The molecule has 0 bridgehead atoms. The third-order valence-electron chi connectivity index (χ3n) is 2.43. The van der Waals surface area contributed by atoms with Crippen LogP contribution in [0.4, 0.5) is 11.6 Å². The van der Waals surface area contributed by atoms with Crippen LogP contribution in [0, 0.1) is 0 Å². The van der Waals surface area contributed by atoms with Gasteiger partial charge in [0, 0.05) is 25.6 Å². The van der Waals surface area contributed by atoms with Gasteiger partial charge in [-0.05, 0) is 12.8 Å². The summed E-state index contributed by atoms with van der Waals surface area (Å²) in [7, 11) is 1.83. The smallest absolute Gasteiger partial charge is 0.217 e. The zero-order valence-corrected chi connectivity index (χ0v) is 10.3. The summed E-state index contributed by atoms with van der Waals surface area (Å²) in [5.74, 6) is 1.37. The molecule has 0 saturated carbocycles. The molecule has 0 atom stereocenters. The van der Waals surface area contributed by atoms with Crippen molar-refractivity contribution in [1.29, 1.82) is 0 Å². The molecule has 0 aromatic carbocycles. The number of rotatable bonds is 7. The first kappa shape index (κ1) is 13.2. The molecule has 6 nitrogen and oxygen atoms in total. The summed E-state index contributed by atoms with van der Waals surface area (Å²) in [4.78, 5) is 18.9. The van der Waals surface area contributed by atoms with E-state index < -0.39 is 0 Å². The van der Waals surface area contributed by atoms with E-state index in [2.05, 4.69) is 20.6 Å². The van der Waals surface area contributed by atoms with Gasteiger partial charge in [-0.25, -0.2) is 9.97 Å². The monoisotopic (exact) mass is 237 g/mol. The third kappa shape index (κ3) is 3.90. The van der Waals surface area contributed by atoms with Gasteiger partial charge in [0.25, 0.3) is 0 Å². The minimum atomic E-state index is -0.277. The lowest BCUT2D eigenvalue weighted by Gasteiger charge is -2.12. The lowest BCUT2D eigenvalue weighted by molar-refractivity contribution is -0.118. The molecule has 6 heteroatoms. The van der Waals surface area contributed by atoms with Crippen LogP contribution in [-0.4, -0.2) is 29.5 Å². The van der Waals surface area contributed by atoms with Crippen LogP contribution in [0.2, 0.25) is 0 Å². The van der Waals surface area contributed by atoms with Crippen LogP contribution in [0.5, 0.6) is 0 Å². The van der Waals surface area contributed by atoms with E-state index in [1.165, 1.54) is 6.33 Å². The minimum Gasteiger partial charge on any atom is -0.373 e. The summed E-state index contributed by atoms with van der Waals surface area (Å²) >= 11 is 0. The zero-order valence-electron chi connectivity index (χ0n) is 10.3. The standard InChI is InChI=1S/C11H19N5O/c1-3-8-10(13-2)15-7-16-11(8)14-6-4-5-9(12)17/h7H,3-6H2,1-2H3,(H2,12,17)(H2,13,14,15,16). The number of nitrogens with two attached hydrogens (primary N) is 1. The maximum Gasteiger partial charge on any atom is 0.217 e. The second kappa shape index (κ2) is 6.67. The van der Waals surface area contributed by atoms with Crippen LogP contribution >= 0.6 is 0 Å². The number of hydrogen-bond acceptors (Lipinski definition) is 5. The molecule has 0 radical (unpaired) electrons. The van der Waals surface area contributed by atoms with Gasteiger partial charge < -0.3 is 16.4 Å². The van der Waals surface area contributed by atoms with Gasteiger partial charge in [-0.2, -0.15) is 0 Å². The van der Waals surface area contributed by atoms with E-state index in [0.717, 1.165) is 23.6 Å². The molecule has 4 N–H and O–H groups in total. The molecular formula is C11H19N5O. The number of aromatic nitrogens is 2. The van der Waals surface area contributed by atoms with Gasteiger partial charge in [0.15, 0.2) is 0 Å². The van der Waals surface area contributed by atoms with Crippen molar-refractivity contribution in [2.75, 3.05) is 24.2 Å². The molecule has 94 valence electrons. The number of hydrogen-bond donors (Lipinski definition) is 3. The average Bonchev–Trinajstić information content (AvgIpc) is 2.33. The predicted molar refractivity (Wildman–Crippen MR) is 67.9 cm³/mol. The van der Waals surface area contributed by atoms with Crippen LogP contribution in [0.15, 0.2) is 6.33 Å². The number of carbonyl (C=O) groups is 1. The van der Waals surface area contributed by atoms with E-state index in [0.29, 0.717) is 19.4 Å². The van der Waals surface area contributed by atoms with Crippen LogP contribution in [0.1, 0.15) is 25.3 Å². The Morgan fingerprint density at radius 2 is 2.12 bits per heavy atom. The summed E-state index contributed by atoms with van der Waals surface area (Å²) in [6.07, 6.45) is 3.45. The molecule has 1 aromatic heterocycles. The second-order valence-corrected chi connectivity index (χ2v) is 3.65. The fraction of sp³-hybridized carbons (Fsp3) is 0.545. The summed E-state index contributed by atoms with van der Waals surface area (Å²) in [6.45, 7) is 2.73. The van der Waals surface area contributed by atoms with Gasteiger partial charge in [-0.15, -0.1) is 0 Å². The van der Waals surface area contributed by atoms with Gasteiger partial charge in [0.1, 0.15) is 18.0 Å². The van der Waals surface area contributed by atoms with Crippen molar-refractivity contribution in [3.63, 3.8) is 0 Å². The number of carbonyl (C=O) groups excluding carboxylic acids is 1.